The van der Waals surface area contributed by atoms with Gasteiger partial charge in [-0.2, -0.15) is 0 Å². The Kier molecular flexibility index (Phi) is 5.55. The van der Waals surface area contributed by atoms with Crippen molar-refractivity contribution in [3.05, 3.63) is 66.0 Å². The van der Waals surface area contributed by atoms with E-state index in [1.807, 2.05) is 30.3 Å². The Morgan fingerprint density at radius 3 is 2.80 bits per heavy atom. The van der Waals surface area contributed by atoms with E-state index < -0.39 is 6.17 Å². The topological polar surface area (TPSA) is 97.9 Å². The lowest BCUT2D eigenvalue weighted by Gasteiger charge is -2.24. The molecule has 30 heavy (non-hydrogen) atoms. The molecule has 3 aromatic rings. The molecule has 4 rings (SSSR count). The van der Waals surface area contributed by atoms with Crippen molar-refractivity contribution in [2.45, 2.75) is 31.7 Å². The fraction of sp³-hybridized carbons (Fsp3) is 0.350. The normalized spacial score (nSPS) is 18.5. The van der Waals surface area contributed by atoms with Crippen LogP contribution in [0.15, 0.2) is 49.1 Å². The van der Waals surface area contributed by atoms with Crippen LogP contribution < -0.4 is 5.32 Å². The second-order valence-corrected chi connectivity index (χ2v) is 7.33. The molecule has 0 spiro atoms. The van der Waals surface area contributed by atoms with Crippen LogP contribution in [0.4, 0.5) is 4.39 Å². The minimum absolute atomic E-state index is 0.0216. The van der Waals surface area contributed by atoms with E-state index in [2.05, 4.69) is 20.6 Å². The number of benzene rings is 1. The summed E-state index contributed by atoms with van der Waals surface area (Å²) in [7, 11) is 1.72. The number of hydrogen-bond acceptors (Lipinski definition) is 5. The molecule has 1 fully saturated rings. The molecule has 0 bridgehead atoms. The molecule has 2 aromatic heterocycles. The van der Waals surface area contributed by atoms with Crippen LogP contribution in [-0.2, 0) is 20.1 Å². The predicted octanol–water partition coefficient (Wildman–Crippen LogP) is 1.19. The van der Waals surface area contributed by atoms with E-state index in [-0.39, 0.29) is 43.1 Å². The maximum atomic E-state index is 14.1. The van der Waals surface area contributed by atoms with E-state index in [9.17, 15) is 14.0 Å². The van der Waals surface area contributed by atoms with Crippen molar-refractivity contribution in [1.29, 1.82) is 0 Å². The molecule has 1 aliphatic heterocycles. The van der Waals surface area contributed by atoms with Gasteiger partial charge in [0.2, 0.25) is 0 Å². The fourth-order valence-corrected chi connectivity index (χ4v) is 3.57. The molecule has 1 aliphatic rings. The lowest BCUT2D eigenvalue weighted by Crippen LogP contribution is -2.39. The highest BCUT2D eigenvalue weighted by atomic mass is 19.1. The van der Waals surface area contributed by atoms with Crippen LogP contribution in [0.1, 0.15) is 33.0 Å². The number of nitrogens with one attached hydrogen (secondary N) is 1. The van der Waals surface area contributed by atoms with Crippen molar-refractivity contribution in [2.75, 3.05) is 6.54 Å². The fourth-order valence-electron chi connectivity index (χ4n) is 3.57. The average Bonchev–Trinajstić information content (AvgIpc) is 3.47. The zero-order valence-corrected chi connectivity index (χ0v) is 16.5. The molecule has 3 heterocycles. The third kappa shape index (κ3) is 4.22. The van der Waals surface area contributed by atoms with Gasteiger partial charge in [0.05, 0.1) is 37.9 Å². The molecular formula is C20H22FN7O2. The van der Waals surface area contributed by atoms with Crippen molar-refractivity contribution >= 4 is 11.8 Å². The molecule has 1 saturated heterocycles. The molecule has 2 unspecified atom stereocenters. The Morgan fingerprint density at radius 1 is 1.27 bits per heavy atom. The van der Waals surface area contributed by atoms with Gasteiger partial charge < -0.3 is 14.8 Å². The summed E-state index contributed by atoms with van der Waals surface area (Å²) in [6.07, 6.45) is 3.61. The van der Waals surface area contributed by atoms with Crippen LogP contribution in [0.5, 0.6) is 0 Å². The number of carbonyl (C=O) groups excluding carboxylic acids is 2. The van der Waals surface area contributed by atoms with Gasteiger partial charge in [0, 0.05) is 20.0 Å². The predicted molar refractivity (Wildman–Crippen MR) is 105 cm³/mol. The zero-order valence-electron chi connectivity index (χ0n) is 16.5. The van der Waals surface area contributed by atoms with Crippen LogP contribution in [0, 0.1) is 0 Å². The lowest BCUT2D eigenvalue weighted by atomic mass is 10.2. The number of halogens is 1. The maximum absolute atomic E-state index is 14.1. The smallest absolute Gasteiger partial charge is 0.273 e. The van der Waals surface area contributed by atoms with Gasteiger partial charge in [0.1, 0.15) is 11.9 Å². The van der Waals surface area contributed by atoms with E-state index in [0.29, 0.717) is 12.2 Å². The van der Waals surface area contributed by atoms with E-state index in [1.54, 1.807) is 11.6 Å². The molecule has 2 amide bonds. The summed E-state index contributed by atoms with van der Waals surface area (Å²) in [6.45, 7) is 0.655. The Morgan fingerprint density at radius 2 is 2.07 bits per heavy atom. The van der Waals surface area contributed by atoms with Crippen LogP contribution in [0.2, 0.25) is 0 Å². The molecular weight excluding hydrogens is 389 g/mol. The van der Waals surface area contributed by atoms with E-state index in [1.165, 1.54) is 28.3 Å². The van der Waals surface area contributed by atoms with E-state index >= 15 is 0 Å². The summed E-state index contributed by atoms with van der Waals surface area (Å²) in [5.74, 6) is -0.621. The van der Waals surface area contributed by atoms with Gasteiger partial charge >= 0.3 is 0 Å². The Bertz CT molecular complexity index is 1030. The van der Waals surface area contributed by atoms with Crippen molar-refractivity contribution < 1.29 is 14.0 Å². The summed E-state index contributed by atoms with van der Waals surface area (Å²) in [6, 6.07) is 9.15. The van der Waals surface area contributed by atoms with Crippen molar-refractivity contribution in [3.63, 3.8) is 0 Å². The summed E-state index contributed by atoms with van der Waals surface area (Å²) < 4.78 is 17.2. The third-order valence-corrected chi connectivity index (χ3v) is 5.13. The van der Waals surface area contributed by atoms with Crippen molar-refractivity contribution in [3.8, 4) is 0 Å². The van der Waals surface area contributed by atoms with Crippen LogP contribution in [0.25, 0.3) is 0 Å². The summed E-state index contributed by atoms with van der Waals surface area (Å²) >= 11 is 0. The van der Waals surface area contributed by atoms with Crippen molar-refractivity contribution in [2.24, 2.45) is 7.05 Å². The monoisotopic (exact) mass is 411 g/mol. The highest BCUT2D eigenvalue weighted by Gasteiger charge is 2.37. The number of imidazole rings is 1. The highest BCUT2D eigenvalue weighted by molar-refractivity contribution is 5.93. The molecule has 0 radical (unpaired) electrons. The first kappa shape index (κ1) is 19.7. The Balaban J connectivity index is 1.40. The van der Waals surface area contributed by atoms with Gasteiger partial charge in [-0.25, -0.2) is 14.1 Å². The number of alkyl halides is 1. The van der Waals surface area contributed by atoms with Crippen LogP contribution in [-0.4, -0.2) is 60.0 Å². The molecule has 1 N–H and O–H groups in total. The lowest BCUT2D eigenvalue weighted by molar-refractivity contribution is 0.0704. The Labute approximate surface area is 172 Å². The minimum Gasteiger partial charge on any atom is -0.347 e. The van der Waals surface area contributed by atoms with Crippen LogP contribution >= 0.6 is 0 Å². The SMILES string of the molecule is Cn1cncc1C(=O)N1CC(F)CC1Cn1cc(C(=O)NCc2ccccc2)nn1. The number of nitrogens with zero attached hydrogens (tertiary/aromatic N) is 6. The zero-order chi connectivity index (χ0) is 21.1. The quantitative estimate of drug-likeness (QED) is 0.657. The molecule has 0 aliphatic carbocycles. The maximum Gasteiger partial charge on any atom is 0.273 e. The number of amides is 2. The summed E-state index contributed by atoms with van der Waals surface area (Å²) in [4.78, 5) is 30.6. The molecule has 156 valence electrons. The first-order chi connectivity index (χ1) is 14.5. The second-order valence-electron chi connectivity index (χ2n) is 7.33. The van der Waals surface area contributed by atoms with E-state index in [4.69, 9.17) is 0 Å². The van der Waals surface area contributed by atoms with Crippen LogP contribution in [0.3, 0.4) is 0 Å². The number of rotatable bonds is 6. The van der Waals surface area contributed by atoms with Gasteiger partial charge in [-0.05, 0) is 5.56 Å². The molecule has 10 heteroatoms. The molecule has 9 nitrogen and oxygen atoms in total. The number of carbonyl (C=O) groups is 2. The van der Waals surface area contributed by atoms with E-state index in [0.717, 1.165) is 5.56 Å². The average molecular weight is 411 g/mol. The number of likely N-dealkylation sites (tertiary alicyclic amines) is 1. The minimum atomic E-state index is -1.11. The van der Waals surface area contributed by atoms with Gasteiger partial charge in [-0.15, -0.1) is 5.10 Å². The standard InChI is InChI=1S/C20H22FN7O2/c1-26-13-22-9-18(26)20(30)28-10-15(21)7-16(28)11-27-12-17(24-25-27)19(29)23-8-14-5-3-2-4-6-14/h2-6,9,12-13,15-16H,7-8,10-11H2,1H3,(H,23,29). The summed E-state index contributed by atoms with van der Waals surface area (Å²) in [5.41, 5.74) is 1.54. The largest absolute Gasteiger partial charge is 0.347 e. The van der Waals surface area contributed by atoms with Crippen molar-refractivity contribution in [1.82, 2.24) is 34.8 Å². The van der Waals surface area contributed by atoms with Gasteiger partial charge in [0.25, 0.3) is 11.8 Å². The second kappa shape index (κ2) is 8.44. The molecule has 2 atom stereocenters. The van der Waals surface area contributed by atoms with Gasteiger partial charge in [-0.3, -0.25) is 9.59 Å². The number of aryl methyl sites for hydroxylation is 1. The Hall–Kier alpha value is -3.56. The molecule has 0 saturated carbocycles. The number of hydrogen-bond donors (Lipinski definition) is 1. The van der Waals surface area contributed by atoms with Gasteiger partial charge in [0.15, 0.2) is 5.69 Å². The molecule has 1 aromatic carbocycles. The third-order valence-electron chi connectivity index (χ3n) is 5.13. The number of aromatic nitrogens is 5. The first-order valence-corrected chi connectivity index (χ1v) is 9.65. The van der Waals surface area contributed by atoms with Gasteiger partial charge in [-0.1, -0.05) is 35.5 Å². The highest BCUT2D eigenvalue weighted by Crippen LogP contribution is 2.24. The first-order valence-electron chi connectivity index (χ1n) is 9.65. The summed E-state index contributed by atoms with van der Waals surface area (Å²) in [5, 5.41) is 10.7.